The Bertz CT molecular complexity index is 1010. The van der Waals surface area contributed by atoms with E-state index in [0.29, 0.717) is 4.90 Å². The number of carbonyl (C=O) groups is 2. The highest BCUT2D eigenvalue weighted by Gasteiger charge is 2.29. The molecule has 1 N–H and O–H groups in total. The first-order chi connectivity index (χ1) is 12.8. The number of carbonyl (C=O) groups excluding carboxylic acids is 2. The van der Waals surface area contributed by atoms with Crippen LogP contribution in [0.1, 0.15) is 0 Å². The number of hydrogen-bond donors (Lipinski definition) is 1. The third-order valence-corrected chi connectivity index (χ3v) is 6.23. The molecule has 0 bridgehead atoms. The van der Waals surface area contributed by atoms with Gasteiger partial charge in [0.1, 0.15) is 12.4 Å². The molecule has 2 aromatic rings. The maximum Gasteiger partial charge on any atom is 0.325 e. The van der Waals surface area contributed by atoms with Crippen LogP contribution in [-0.2, 0) is 24.3 Å². The number of esters is 1. The minimum absolute atomic E-state index is 0.129. The van der Waals surface area contributed by atoms with Gasteiger partial charge in [-0.1, -0.05) is 12.1 Å². The van der Waals surface area contributed by atoms with E-state index in [4.69, 9.17) is 0 Å². The van der Waals surface area contributed by atoms with Crippen molar-refractivity contribution in [2.75, 3.05) is 29.0 Å². The van der Waals surface area contributed by atoms with Gasteiger partial charge in [0, 0.05) is 4.90 Å². The summed E-state index contributed by atoms with van der Waals surface area (Å²) in [4.78, 5) is 25.5. The Labute approximate surface area is 159 Å². The molecule has 0 unspecified atom stereocenters. The molecule has 7 nitrogen and oxygen atoms in total. The van der Waals surface area contributed by atoms with Gasteiger partial charge in [-0.05, 0) is 30.3 Å². The number of amides is 1. The number of nitrogens with zero attached hydrogens (tertiary/aromatic N) is 1. The van der Waals surface area contributed by atoms with Gasteiger partial charge < -0.3 is 4.74 Å². The number of fused-ring (bicyclic) bond motifs is 1. The Kier molecular flexibility index (Phi) is 5.38. The molecule has 1 aliphatic rings. The van der Waals surface area contributed by atoms with Crippen molar-refractivity contribution >= 4 is 45.0 Å². The van der Waals surface area contributed by atoms with Gasteiger partial charge in [-0.2, -0.15) is 0 Å². The number of hydrogen-bond acceptors (Lipinski definition) is 6. The van der Waals surface area contributed by atoms with Crippen molar-refractivity contribution in [2.24, 2.45) is 0 Å². The quantitative estimate of drug-likeness (QED) is 0.760. The van der Waals surface area contributed by atoms with E-state index in [0.717, 1.165) is 6.07 Å². The second-order valence-corrected chi connectivity index (χ2v) is 8.26. The first-order valence-corrected chi connectivity index (χ1v) is 10.2. The molecule has 0 saturated heterocycles. The van der Waals surface area contributed by atoms with Crippen LogP contribution in [0.25, 0.3) is 0 Å². The van der Waals surface area contributed by atoms with Gasteiger partial charge in [-0.15, -0.1) is 11.8 Å². The summed E-state index contributed by atoms with van der Waals surface area (Å²) < 4.78 is 45.8. The average Bonchev–Trinajstić information content (AvgIpc) is 2.65. The second-order valence-electron chi connectivity index (χ2n) is 5.56. The molecule has 0 spiro atoms. The van der Waals surface area contributed by atoms with E-state index in [2.05, 4.69) is 9.46 Å². The fourth-order valence-electron chi connectivity index (χ4n) is 2.46. The molecule has 1 heterocycles. The predicted molar refractivity (Wildman–Crippen MR) is 98.7 cm³/mol. The molecule has 0 atom stereocenters. The van der Waals surface area contributed by atoms with Crippen LogP contribution in [0.2, 0.25) is 0 Å². The SMILES string of the molecule is COC(=O)CN1C(=O)CSc2ccc(S(=O)(=O)Nc3ccccc3F)cc21. The highest BCUT2D eigenvalue weighted by atomic mass is 32.2. The lowest BCUT2D eigenvalue weighted by atomic mass is 10.2. The van der Waals surface area contributed by atoms with E-state index in [1.165, 1.54) is 54.1 Å². The van der Waals surface area contributed by atoms with E-state index >= 15 is 0 Å². The number of thioether (sulfide) groups is 1. The van der Waals surface area contributed by atoms with Crippen LogP contribution in [0.15, 0.2) is 52.3 Å². The molecule has 0 fully saturated rings. The molecule has 1 amide bonds. The van der Waals surface area contributed by atoms with Gasteiger partial charge in [0.15, 0.2) is 0 Å². The zero-order valence-electron chi connectivity index (χ0n) is 14.1. The molecular weight excluding hydrogens is 395 g/mol. The molecule has 0 radical (unpaired) electrons. The molecule has 10 heteroatoms. The lowest BCUT2D eigenvalue weighted by Gasteiger charge is -2.28. The molecule has 142 valence electrons. The summed E-state index contributed by atoms with van der Waals surface area (Å²) in [7, 11) is -2.90. The van der Waals surface area contributed by atoms with Gasteiger partial charge in [-0.25, -0.2) is 12.8 Å². The molecule has 1 aliphatic heterocycles. The third-order valence-electron chi connectivity index (χ3n) is 3.82. The standard InChI is InChI=1S/C17H15FN2O5S2/c1-25-17(22)9-20-14-8-11(6-7-15(14)26-10-16(20)21)27(23,24)19-13-5-3-2-4-12(13)18/h2-8,19H,9-10H2,1H3. The topological polar surface area (TPSA) is 92.8 Å². The Balaban J connectivity index is 1.97. The van der Waals surface area contributed by atoms with Crippen molar-refractivity contribution < 1.29 is 27.1 Å². The van der Waals surface area contributed by atoms with Crippen LogP contribution in [0, 0.1) is 5.82 Å². The van der Waals surface area contributed by atoms with Crippen LogP contribution in [0.3, 0.4) is 0 Å². The number of sulfonamides is 1. The van der Waals surface area contributed by atoms with E-state index in [1.54, 1.807) is 6.07 Å². The summed E-state index contributed by atoms with van der Waals surface area (Å²) in [6.07, 6.45) is 0. The summed E-state index contributed by atoms with van der Waals surface area (Å²) >= 11 is 1.24. The number of rotatable bonds is 5. The first kappa shape index (κ1) is 19.2. The van der Waals surface area contributed by atoms with Crippen molar-refractivity contribution in [2.45, 2.75) is 9.79 Å². The highest BCUT2D eigenvalue weighted by Crippen LogP contribution is 2.37. The summed E-state index contributed by atoms with van der Waals surface area (Å²) in [5.74, 6) is -1.55. The van der Waals surface area contributed by atoms with E-state index in [9.17, 15) is 22.4 Å². The van der Waals surface area contributed by atoms with Crippen molar-refractivity contribution in [1.82, 2.24) is 0 Å². The zero-order valence-corrected chi connectivity index (χ0v) is 15.8. The largest absolute Gasteiger partial charge is 0.468 e. The van der Waals surface area contributed by atoms with Gasteiger partial charge in [0.25, 0.3) is 10.0 Å². The molecular formula is C17H15FN2O5S2. The van der Waals surface area contributed by atoms with Crippen LogP contribution in [0.5, 0.6) is 0 Å². The van der Waals surface area contributed by atoms with Crippen LogP contribution in [0.4, 0.5) is 15.8 Å². The summed E-state index contributed by atoms with van der Waals surface area (Å²) in [5.41, 5.74) is 0.102. The van der Waals surface area contributed by atoms with E-state index in [-0.39, 0.29) is 34.5 Å². The van der Waals surface area contributed by atoms with Gasteiger partial charge in [-0.3, -0.25) is 19.2 Å². The summed E-state index contributed by atoms with van der Waals surface area (Å²) in [6.45, 7) is -0.326. The number of para-hydroxylation sites is 1. The Morgan fingerprint density at radius 3 is 2.74 bits per heavy atom. The Hall–Kier alpha value is -2.59. The number of benzene rings is 2. The first-order valence-electron chi connectivity index (χ1n) is 7.73. The second kappa shape index (κ2) is 7.57. The normalized spacial score (nSPS) is 13.9. The lowest BCUT2D eigenvalue weighted by Crippen LogP contribution is -2.39. The maximum absolute atomic E-state index is 13.8. The number of anilines is 2. The smallest absolute Gasteiger partial charge is 0.325 e. The maximum atomic E-state index is 13.8. The van der Waals surface area contributed by atoms with Crippen molar-refractivity contribution in [3.8, 4) is 0 Å². The van der Waals surface area contributed by atoms with Crippen molar-refractivity contribution in [3.05, 3.63) is 48.3 Å². The van der Waals surface area contributed by atoms with E-state index in [1.807, 2.05) is 0 Å². The fourth-order valence-corrected chi connectivity index (χ4v) is 4.47. The number of halogens is 1. The summed E-state index contributed by atoms with van der Waals surface area (Å²) in [5, 5.41) is 0. The average molecular weight is 410 g/mol. The summed E-state index contributed by atoms with van der Waals surface area (Å²) in [6, 6.07) is 9.58. The van der Waals surface area contributed by atoms with E-state index < -0.39 is 21.8 Å². The van der Waals surface area contributed by atoms with Crippen LogP contribution in [-0.4, -0.2) is 39.7 Å². The zero-order chi connectivity index (χ0) is 19.6. The Morgan fingerprint density at radius 1 is 1.30 bits per heavy atom. The predicted octanol–water partition coefficient (Wildman–Crippen LogP) is 2.24. The molecule has 2 aromatic carbocycles. The van der Waals surface area contributed by atoms with Gasteiger partial charge >= 0.3 is 5.97 Å². The van der Waals surface area contributed by atoms with Crippen molar-refractivity contribution in [3.63, 3.8) is 0 Å². The number of methoxy groups -OCH3 is 1. The molecule has 0 aromatic heterocycles. The lowest BCUT2D eigenvalue weighted by molar-refractivity contribution is -0.139. The fraction of sp³-hybridized carbons (Fsp3) is 0.176. The molecule has 0 saturated carbocycles. The minimum atomic E-state index is -4.10. The Morgan fingerprint density at radius 2 is 2.04 bits per heavy atom. The van der Waals surface area contributed by atoms with Gasteiger partial charge in [0.2, 0.25) is 5.91 Å². The minimum Gasteiger partial charge on any atom is -0.468 e. The number of ether oxygens (including phenoxy) is 1. The van der Waals surface area contributed by atoms with Crippen molar-refractivity contribution in [1.29, 1.82) is 0 Å². The third kappa shape index (κ3) is 4.06. The molecule has 0 aliphatic carbocycles. The molecule has 3 rings (SSSR count). The van der Waals surface area contributed by atoms with Gasteiger partial charge in [0.05, 0.1) is 29.1 Å². The highest BCUT2D eigenvalue weighted by molar-refractivity contribution is 8.00. The van der Waals surface area contributed by atoms with Crippen LogP contribution >= 0.6 is 11.8 Å². The molecule has 27 heavy (non-hydrogen) atoms. The van der Waals surface area contributed by atoms with Crippen LogP contribution < -0.4 is 9.62 Å². The monoisotopic (exact) mass is 410 g/mol. The number of nitrogens with one attached hydrogen (secondary N) is 1.